The molecule has 0 aliphatic heterocycles. The molecular formula is C26H24N4O2S. The highest BCUT2D eigenvalue weighted by atomic mass is 32.2. The van der Waals surface area contributed by atoms with Gasteiger partial charge in [-0.2, -0.15) is 0 Å². The number of hydrogen-bond acceptors (Lipinski definition) is 4. The van der Waals surface area contributed by atoms with Crippen LogP contribution in [-0.2, 0) is 13.1 Å². The number of aryl methyl sites for hydroxylation is 2. The van der Waals surface area contributed by atoms with Crippen molar-refractivity contribution in [2.24, 2.45) is 0 Å². The van der Waals surface area contributed by atoms with Gasteiger partial charge >= 0.3 is 5.69 Å². The maximum absolute atomic E-state index is 13.3. The van der Waals surface area contributed by atoms with Crippen LogP contribution in [0.15, 0.2) is 87.5 Å². The minimum atomic E-state index is -0.0960. The van der Waals surface area contributed by atoms with Crippen molar-refractivity contribution < 1.29 is 0 Å². The summed E-state index contributed by atoms with van der Waals surface area (Å²) in [4.78, 5) is 33.3. The van der Waals surface area contributed by atoms with Gasteiger partial charge in [-0.05, 0) is 43.2 Å². The number of nitrogens with zero attached hydrogens (tertiary/aromatic N) is 3. The van der Waals surface area contributed by atoms with E-state index >= 15 is 0 Å². The maximum atomic E-state index is 13.3. The number of aromatic amines is 1. The first kappa shape index (κ1) is 21.3. The molecule has 0 atom stereocenters. The van der Waals surface area contributed by atoms with Gasteiger partial charge in [-0.25, -0.2) is 9.78 Å². The first-order chi connectivity index (χ1) is 16.1. The van der Waals surface area contributed by atoms with Crippen LogP contribution in [0.4, 0.5) is 0 Å². The summed E-state index contributed by atoms with van der Waals surface area (Å²) in [5.41, 5.74) is 4.58. The van der Waals surface area contributed by atoms with Crippen LogP contribution in [0.3, 0.4) is 0 Å². The van der Waals surface area contributed by atoms with Crippen LogP contribution in [0.1, 0.15) is 17.5 Å². The van der Waals surface area contributed by atoms with Gasteiger partial charge in [0.1, 0.15) is 0 Å². The largest absolute Gasteiger partial charge is 0.326 e. The van der Waals surface area contributed by atoms with Crippen molar-refractivity contribution in [1.82, 2.24) is 19.1 Å². The van der Waals surface area contributed by atoms with Crippen molar-refractivity contribution in [3.05, 3.63) is 105 Å². The number of para-hydroxylation sites is 3. The number of aromatic nitrogens is 4. The molecule has 0 saturated carbocycles. The lowest BCUT2D eigenvalue weighted by Crippen LogP contribution is -2.24. The summed E-state index contributed by atoms with van der Waals surface area (Å²) in [6.45, 7) is 3.13. The molecule has 0 fully saturated rings. The zero-order chi connectivity index (χ0) is 22.8. The first-order valence-corrected chi connectivity index (χ1v) is 11.9. The van der Waals surface area contributed by atoms with Gasteiger partial charge in [0, 0.05) is 12.3 Å². The van der Waals surface area contributed by atoms with E-state index in [0.717, 1.165) is 28.8 Å². The standard InChI is InChI=1S/C26H24N4O2S/c1-18-11-13-19(14-12-18)17-30-24(31)20-7-2-3-8-21(20)28-26(30)33-16-6-15-29-23-10-5-4-9-22(23)27-25(29)32/h2-5,7-14H,6,15-17H2,1H3,(H,27,32). The number of H-pyrrole nitrogens is 1. The molecule has 0 bridgehead atoms. The van der Waals surface area contributed by atoms with Crippen molar-refractivity contribution in [2.45, 2.75) is 31.6 Å². The monoisotopic (exact) mass is 456 g/mol. The molecule has 33 heavy (non-hydrogen) atoms. The second-order valence-corrected chi connectivity index (χ2v) is 9.15. The Labute approximate surface area is 194 Å². The molecule has 0 amide bonds. The summed E-state index contributed by atoms with van der Waals surface area (Å²) in [7, 11) is 0. The second-order valence-electron chi connectivity index (χ2n) is 8.09. The zero-order valence-corrected chi connectivity index (χ0v) is 19.1. The van der Waals surface area contributed by atoms with Gasteiger partial charge in [-0.1, -0.05) is 65.9 Å². The number of thioether (sulfide) groups is 1. The van der Waals surface area contributed by atoms with E-state index in [1.165, 1.54) is 5.56 Å². The summed E-state index contributed by atoms with van der Waals surface area (Å²) >= 11 is 1.56. The molecule has 0 aliphatic rings. The van der Waals surface area contributed by atoms with Crippen LogP contribution in [0.2, 0.25) is 0 Å². The van der Waals surface area contributed by atoms with E-state index in [0.29, 0.717) is 29.1 Å². The molecular weight excluding hydrogens is 432 g/mol. The summed E-state index contributed by atoms with van der Waals surface area (Å²) in [6.07, 6.45) is 0.777. The molecule has 5 rings (SSSR count). The predicted molar refractivity (Wildman–Crippen MR) is 134 cm³/mol. The number of imidazole rings is 1. The van der Waals surface area contributed by atoms with Crippen molar-refractivity contribution in [3.8, 4) is 0 Å². The van der Waals surface area contributed by atoms with E-state index in [9.17, 15) is 9.59 Å². The Morgan fingerprint density at radius 3 is 2.52 bits per heavy atom. The fourth-order valence-electron chi connectivity index (χ4n) is 3.99. The predicted octanol–water partition coefficient (Wildman–Crippen LogP) is 4.58. The molecule has 0 saturated heterocycles. The van der Waals surface area contributed by atoms with Crippen molar-refractivity contribution >= 4 is 33.7 Å². The SMILES string of the molecule is Cc1ccc(Cn2c(SCCCn3c(=O)[nH]c4ccccc43)nc3ccccc3c2=O)cc1. The molecule has 0 unspecified atom stereocenters. The van der Waals surface area contributed by atoms with Crippen molar-refractivity contribution in [1.29, 1.82) is 0 Å². The third-order valence-electron chi connectivity index (χ3n) is 5.73. The number of nitrogens with one attached hydrogen (secondary N) is 1. The van der Waals surface area contributed by atoms with Crippen LogP contribution < -0.4 is 11.2 Å². The molecule has 2 aromatic heterocycles. The lowest BCUT2D eigenvalue weighted by molar-refractivity contribution is 0.652. The number of fused-ring (bicyclic) bond motifs is 2. The number of rotatable bonds is 7. The van der Waals surface area contributed by atoms with E-state index < -0.39 is 0 Å². The highest BCUT2D eigenvalue weighted by Crippen LogP contribution is 2.20. The summed E-state index contributed by atoms with van der Waals surface area (Å²) in [6, 6.07) is 23.4. The van der Waals surface area contributed by atoms with Crippen LogP contribution in [0.25, 0.3) is 21.9 Å². The maximum Gasteiger partial charge on any atom is 0.326 e. The molecule has 166 valence electrons. The fraction of sp³-hybridized carbons (Fsp3) is 0.192. The Balaban J connectivity index is 1.39. The molecule has 6 nitrogen and oxygen atoms in total. The van der Waals surface area contributed by atoms with Crippen LogP contribution >= 0.6 is 11.8 Å². The minimum absolute atomic E-state index is 0.0310. The molecule has 7 heteroatoms. The minimum Gasteiger partial charge on any atom is -0.306 e. The number of hydrogen-bond donors (Lipinski definition) is 1. The summed E-state index contributed by atoms with van der Waals surface area (Å²) in [5, 5.41) is 1.32. The topological polar surface area (TPSA) is 72.7 Å². The first-order valence-electron chi connectivity index (χ1n) is 11.0. The lowest BCUT2D eigenvalue weighted by atomic mass is 10.1. The molecule has 0 spiro atoms. The lowest BCUT2D eigenvalue weighted by Gasteiger charge is -2.13. The van der Waals surface area contributed by atoms with E-state index in [2.05, 4.69) is 29.2 Å². The quantitative estimate of drug-likeness (QED) is 0.221. The van der Waals surface area contributed by atoms with Crippen LogP contribution in [0.5, 0.6) is 0 Å². The molecule has 2 heterocycles. The van der Waals surface area contributed by atoms with Gasteiger partial charge in [-0.15, -0.1) is 0 Å². The molecule has 0 radical (unpaired) electrons. The molecule has 5 aromatic rings. The second kappa shape index (κ2) is 9.11. The summed E-state index contributed by atoms with van der Waals surface area (Å²) in [5.74, 6) is 0.741. The van der Waals surface area contributed by atoms with Crippen molar-refractivity contribution in [2.75, 3.05) is 5.75 Å². The Morgan fingerprint density at radius 2 is 1.67 bits per heavy atom. The Morgan fingerprint density at radius 1 is 0.909 bits per heavy atom. The summed E-state index contributed by atoms with van der Waals surface area (Å²) < 4.78 is 3.53. The van der Waals surface area contributed by atoms with E-state index in [4.69, 9.17) is 4.98 Å². The van der Waals surface area contributed by atoms with Gasteiger partial charge < -0.3 is 4.98 Å². The fourth-order valence-corrected chi connectivity index (χ4v) is 4.91. The Hall–Kier alpha value is -3.58. The van der Waals surface area contributed by atoms with Crippen molar-refractivity contribution in [3.63, 3.8) is 0 Å². The van der Waals surface area contributed by atoms with Gasteiger partial charge in [0.05, 0.1) is 28.5 Å². The highest BCUT2D eigenvalue weighted by Gasteiger charge is 2.13. The van der Waals surface area contributed by atoms with E-state index in [1.54, 1.807) is 20.9 Å². The normalized spacial score (nSPS) is 11.4. The Kier molecular flexibility index (Phi) is 5.88. The van der Waals surface area contributed by atoms with E-state index in [1.807, 2.05) is 55.5 Å². The smallest absolute Gasteiger partial charge is 0.306 e. The third kappa shape index (κ3) is 4.36. The van der Waals surface area contributed by atoms with Crippen LogP contribution in [-0.4, -0.2) is 24.9 Å². The highest BCUT2D eigenvalue weighted by molar-refractivity contribution is 7.99. The van der Waals surface area contributed by atoms with Gasteiger partial charge in [-0.3, -0.25) is 13.9 Å². The average Bonchev–Trinajstić information content (AvgIpc) is 3.15. The molecule has 0 aliphatic carbocycles. The molecule has 1 N–H and O–H groups in total. The number of benzene rings is 3. The van der Waals surface area contributed by atoms with Gasteiger partial charge in [0.15, 0.2) is 5.16 Å². The molecule has 3 aromatic carbocycles. The van der Waals surface area contributed by atoms with Gasteiger partial charge in [0.25, 0.3) is 5.56 Å². The average molecular weight is 457 g/mol. The Bertz CT molecular complexity index is 1550. The van der Waals surface area contributed by atoms with Crippen LogP contribution in [0, 0.1) is 6.92 Å². The zero-order valence-electron chi connectivity index (χ0n) is 18.3. The third-order valence-corrected chi connectivity index (χ3v) is 6.79. The van der Waals surface area contributed by atoms with Gasteiger partial charge in [0.2, 0.25) is 0 Å². The van der Waals surface area contributed by atoms with E-state index in [-0.39, 0.29) is 11.2 Å².